The molecule has 5 rings (SSSR count). The van der Waals surface area contributed by atoms with Crippen LogP contribution in [0.3, 0.4) is 0 Å². The van der Waals surface area contributed by atoms with Crippen LogP contribution in [0.2, 0.25) is 0 Å². The SMILES string of the molecule is O=C1NC(SC(c2ccccc2)(c2ccccc2)c2ccccc2)C1C(O)C1COCO1. The van der Waals surface area contributed by atoms with Gasteiger partial charge in [-0.1, -0.05) is 91.0 Å². The number of aliphatic hydroxyl groups excluding tert-OH is 1. The smallest absolute Gasteiger partial charge is 0.229 e. The van der Waals surface area contributed by atoms with Crippen LogP contribution in [0.15, 0.2) is 91.0 Å². The Morgan fingerprint density at radius 3 is 1.78 bits per heavy atom. The Balaban J connectivity index is 1.59. The van der Waals surface area contributed by atoms with Gasteiger partial charge in [-0.2, -0.15) is 0 Å². The predicted octanol–water partition coefficient (Wildman–Crippen LogP) is 3.52. The van der Waals surface area contributed by atoms with Gasteiger partial charge in [-0.05, 0) is 16.7 Å². The van der Waals surface area contributed by atoms with Gasteiger partial charge in [-0.3, -0.25) is 4.79 Å². The van der Waals surface area contributed by atoms with Crippen molar-refractivity contribution in [2.45, 2.75) is 22.3 Å². The summed E-state index contributed by atoms with van der Waals surface area (Å²) in [7, 11) is 0. The molecule has 0 radical (unpaired) electrons. The number of hydrogen-bond donors (Lipinski definition) is 2. The minimum Gasteiger partial charge on any atom is -0.389 e. The van der Waals surface area contributed by atoms with E-state index in [1.165, 1.54) is 0 Å². The molecule has 2 heterocycles. The molecule has 3 aromatic carbocycles. The predicted molar refractivity (Wildman–Crippen MR) is 124 cm³/mol. The van der Waals surface area contributed by atoms with E-state index in [4.69, 9.17) is 9.47 Å². The molecule has 2 aliphatic heterocycles. The zero-order valence-electron chi connectivity index (χ0n) is 17.5. The van der Waals surface area contributed by atoms with E-state index in [9.17, 15) is 9.90 Å². The zero-order chi connectivity index (χ0) is 22.0. The van der Waals surface area contributed by atoms with Crippen molar-refractivity contribution in [3.8, 4) is 0 Å². The number of thioether (sulfide) groups is 1. The van der Waals surface area contributed by atoms with Crippen molar-refractivity contribution in [3.63, 3.8) is 0 Å². The third-order valence-electron chi connectivity index (χ3n) is 6.15. The number of hydrogen-bond acceptors (Lipinski definition) is 5. The second kappa shape index (κ2) is 9.08. The Hall–Kier alpha value is -2.64. The van der Waals surface area contributed by atoms with Gasteiger partial charge in [0.1, 0.15) is 12.9 Å². The van der Waals surface area contributed by atoms with Gasteiger partial charge in [-0.15, -0.1) is 11.8 Å². The Morgan fingerprint density at radius 2 is 1.38 bits per heavy atom. The number of β-lactam (4-membered cyclic amide) rings is 1. The molecule has 6 heteroatoms. The van der Waals surface area contributed by atoms with E-state index < -0.39 is 22.9 Å². The molecular formula is C26H25NO4S. The molecule has 164 valence electrons. The second-order valence-corrected chi connectivity index (χ2v) is 9.39. The Bertz CT molecular complexity index is 945. The lowest BCUT2D eigenvalue weighted by molar-refractivity contribution is -0.142. The molecule has 5 nitrogen and oxygen atoms in total. The van der Waals surface area contributed by atoms with Crippen LogP contribution in [-0.2, 0) is 19.0 Å². The van der Waals surface area contributed by atoms with Gasteiger partial charge < -0.3 is 19.9 Å². The molecule has 2 aliphatic rings. The van der Waals surface area contributed by atoms with Crippen LogP contribution in [0.4, 0.5) is 0 Å². The number of benzene rings is 3. The molecule has 0 aromatic heterocycles. The van der Waals surface area contributed by atoms with Crippen molar-refractivity contribution in [1.82, 2.24) is 5.32 Å². The lowest BCUT2D eigenvalue weighted by Gasteiger charge is -2.46. The first-order valence-electron chi connectivity index (χ1n) is 10.7. The lowest BCUT2D eigenvalue weighted by atomic mass is 9.84. The molecule has 0 spiro atoms. The Kier molecular flexibility index (Phi) is 6.02. The third kappa shape index (κ3) is 3.73. The average Bonchev–Trinajstić information content (AvgIpc) is 3.39. The summed E-state index contributed by atoms with van der Waals surface area (Å²) in [6, 6.07) is 30.9. The Labute approximate surface area is 191 Å². The van der Waals surface area contributed by atoms with Crippen molar-refractivity contribution >= 4 is 17.7 Å². The first-order chi connectivity index (χ1) is 15.7. The van der Waals surface area contributed by atoms with E-state index in [1.807, 2.05) is 54.6 Å². The van der Waals surface area contributed by atoms with Gasteiger partial charge in [-0.25, -0.2) is 0 Å². The van der Waals surface area contributed by atoms with Crippen molar-refractivity contribution in [2.75, 3.05) is 13.4 Å². The van der Waals surface area contributed by atoms with Crippen molar-refractivity contribution < 1.29 is 19.4 Å². The number of carbonyl (C=O) groups is 1. The molecule has 32 heavy (non-hydrogen) atoms. The fourth-order valence-corrected chi connectivity index (χ4v) is 6.30. The molecular weight excluding hydrogens is 422 g/mol. The minimum absolute atomic E-state index is 0.149. The summed E-state index contributed by atoms with van der Waals surface area (Å²) in [5, 5.41) is 13.7. The molecule has 3 aromatic rings. The van der Waals surface area contributed by atoms with E-state index in [1.54, 1.807) is 11.8 Å². The number of amides is 1. The summed E-state index contributed by atoms with van der Waals surface area (Å²) in [6.45, 7) is 0.444. The third-order valence-corrected chi connectivity index (χ3v) is 7.88. The van der Waals surface area contributed by atoms with Gasteiger partial charge in [0.15, 0.2) is 0 Å². The number of aliphatic hydroxyl groups is 1. The maximum Gasteiger partial charge on any atom is 0.229 e. The first kappa shape index (κ1) is 21.2. The molecule has 2 N–H and O–H groups in total. The summed E-state index contributed by atoms with van der Waals surface area (Å²) in [5.41, 5.74) is 3.33. The van der Waals surface area contributed by atoms with E-state index in [2.05, 4.69) is 41.7 Å². The van der Waals surface area contributed by atoms with E-state index in [0.29, 0.717) is 6.61 Å². The fraction of sp³-hybridized carbons (Fsp3) is 0.269. The van der Waals surface area contributed by atoms with Crippen molar-refractivity contribution in [3.05, 3.63) is 108 Å². The largest absolute Gasteiger partial charge is 0.389 e. The van der Waals surface area contributed by atoms with Crippen LogP contribution in [-0.4, -0.2) is 42.0 Å². The van der Waals surface area contributed by atoms with Gasteiger partial charge >= 0.3 is 0 Å². The zero-order valence-corrected chi connectivity index (χ0v) is 18.3. The molecule has 0 bridgehead atoms. The van der Waals surface area contributed by atoms with Crippen LogP contribution in [0.5, 0.6) is 0 Å². The van der Waals surface area contributed by atoms with E-state index in [0.717, 1.165) is 16.7 Å². The Morgan fingerprint density at radius 1 is 0.875 bits per heavy atom. The highest BCUT2D eigenvalue weighted by atomic mass is 32.2. The summed E-state index contributed by atoms with van der Waals surface area (Å²) in [5.74, 6) is -0.740. The molecule has 4 unspecified atom stereocenters. The standard InChI is InChI=1S/C26H25NO4S/c28-23(21-16-30-17-31-21)22-24(29)27-25(22)32-26(18-10-4-1-5-11-18,19-12-6-2-7-13-19)20-14-8-3-9-15-20/h1-15,21-23,25,28H,16-17H2,(H,27,29). The highest BCUT2D eigenvalue weighted by Crippen LogP contribution is 2.52. The van der Waals surface area contributed by atoms with Crippen LogP contribution in [0.25, 0.3) is 0 Å². The van der Waals surface area contributed by atoms with Crippen LogP contribution >= 0.6 is 11.8 Å². The van der Waals surface area contributed by atoms with Crippen LogP contribution in [0, 0.1) is 5.92 Å². The highest BCUT2D eigenvalue weighted by molar-refractivity contribution is 8.01. The quantitative estimate of drug-likeness (QED) is 0.429. The molecule has 0 aliphatic carbocycles. The van der Waals surface area contributed by atoms with Gasteiger partial charge in [0, 0.05) is 0 Å². The highest BCUT2D eigenvalue weighted by Gasteiger charge is 2.52. The summed E-state index contributed by atoms with van der Waals surface area (Å²) >= 11 is 1.65. The number of rotatable bonds is 7. The summed E-state index contributed by atoms with van der Waals surface area (Å²) < 4.78 is 10.2. The molecule has 2 saturated heterocycles. The van der Waals surface area contributed by atoms with Crippen LogP contribution in [0.1, 0.15) is 16.7 Å². The van der Waals surface area contributed by atoms with E-state index in [-0.39, 0.29) is 18.1 Å². The van der Waals surface area contributed by atoms with Crippen molar-refractivity contribution in [2.24, 2.45) is 5.92 Å². The number of nitrogens with one attached hydrogen (secondary N) is 1. The van der Waals surface area contributed by atoms with Gasteiger partial charge in [0.2, 0.25) is 5.91 Å². The average molecular weight is 448 g/mol. The molecule has 1 amide bonds. The molecule has 4 atom stereocenters. The molecule has 2 fully saturated rings. The summed E-state index contributed by atoms with van der Waals surface area (Å²) in [4.78, 5) is 12.6. The monoisotopic (exact) mass is 447 g/mol. The maximum absolute atomic E-state index is 12.6. The lowest BCUT2D eigenvalue weighted by Crippen LogP contribution is -2.64. The maximum atomic E-state index is 12.6. The second-order valence-electron chi connectivity index (χ2n) is 8.04. The van der Waals surface area contributed by atoms with Gasteiger partial charge in [0.05, 0.1) is 28.7 Å². The number of carbonyl (C=O) groups excluding carboxylic acids is 1. The van der Waals surface area contributed by atoms with Gasteiger partial charge in [0.25, 0.3) is 0 Å². The van der Waals surface area contributed by atoms with E-state index >= 15 is 0 Å². The fourth-order valence-electron chi connectivity index (χ4n) is 4.49. The minimum atomic E-state index is -0.927. The first-order valence-corrected chi connectivity index (χ1v) is 11.6. The van der Waals surface area contributed by atoms with Crippen LogP contribution < -0.4 is 5.32 Å². The topological polar surface area (TPSA) is 67.8 Å². The normalized spacial score (nSPS) is 23.9. The number of ether oxygens (including phenoxy) is 2. The summed E-state index contributed by atoms with van der Waals surface area (Å²) in [6.07, 6.45) is -1.42. The van der Waals surface area contributed by atoms with Crippen molar-refractivity contribution in [1.29, 1.82) is 0 Å². The molecule has 0 saturated carbocycles.